The second kappa shape index (κ2) is 9.54. The first-order chi connectivity index (χ1) is 14.6. The SMILES string of the molecule is Cc1ccc(CN(C)[C@H](C(=O)Nc2cc(C(F)(F)F)ccc2Cl)c2ccccc2)cc1. The van der Waals surface area contributed by atoms with Gasteiger partial charge in [0.05, 0.1) is 16.3 Å². The average molecular weight is 447 g/mol. The van der Waals surface area contributed by atoms with Gasteiger partial charge in [-0.15, -0.1) is 0 Å². The summed E-state index contributed by atoms with van der Waals surface area (Å²) in [6.07, 6.45) is -4.54. The molecule has 0 aliphatic carbocycles. The van der Waals surface area contributed by atoms with Crippen LogP contribution in [0.1, 0.15) is 28.3 Å². The van der Waals surface area contributed by atoms with Crippen LogP contribution in [0.3, 0.4) is 0 Å². The molecule has 0 aromatic heterocycles. The predicted octanol–water partition coefficient (Wildman–Crippen LogP) is 6.48. The first-order valence-electron chi connectivity index (χ1n) is 9.63. The van der Waals surface area contributed by atoms with Gasteiger partial charge in [0, 0.05) is 6.54 Å². The molecule has 0 heterocycles. The number of nitrogens with zero attached hydrogens (tertiary/aromatic N) is 1. The maximum Gasteiger partial charge on any atom is 0.416 e. The van der Waals surface area contributed by atoms with Crippen molar-refractivity contribution in [1.82, 2.24) is 4.90 Å². The van der Waals surface area contributed by atoms with Crippen molar-refractivity contribution >= 4 is 23.2 Å². The van der Waals surface area contributed by atoms with Crippen LogP contribution >= 0.6 is 11.6 Å². The molecule has 0 fully saturated rings. The molecule has 3 nitrogen and oxygen atoms in total. The summed E-state index contributed by atoms with van der Waals surface area (Å²) < 4.78 is 39.3. The first kappa shape index (κ1) is 22.8. The van der Waals surface area contributed by atoms with Gasteiger partial charge >= 0.3 is 6.18 Å². The third-order valence-corrected chi connectivity index (χ3v) is 5.24. The van der Waals surface area contributed by atoms with E-state index in [1.807, 2.05) is 66.4 Å². The summed E-state index contributed by atoms with van der Waals surface area (Å²) in [5.74, 6) is -0.470. The molecule has 1 amide bonds. The monoisotopic (exact) mass is 446 g/mol. The molecule has 0 aliphatic heterocycles. The smallest absolute Gasteiger partial charge is 0.323 e. The van der Waals surface area contributed by atoms with E-state index in [9.17, 15) is 18.0 Å². The van der Waals surface area contributed by atoms with Crippen LogP contribution < -0.4 is 5.32 Å². The summed E-state index contributed by atoms with van der Waals surface area (Å²) in [5.41, 5.74) is 1.90. The van der Waals surface area contributed by atoms with Crippen LogP contribution in [0.5, 0.6) is 0 Å². The molecule has 0 saturated heterocycles. The van der Waals surface area contributed by atoms with E-state index in [-0.39, 0.29) is 10.7 Å². The Balaban J connectivity index is 1.89. The molecule has 3 aromatic rings. The van der Waals surface area contributed by atoms with Crippen LogP contribution in [0.25, 0.3) is 0 Å². The minimum absolute atomic E-state index is 0.0364. The normalized spacial score (nSPS) is 12.6. The number of halogens is 4. The minimum atomic E-state index is -4.54. The van der Waals surface area contributed by atoms with Gasteiger partial charge in [-0.25, -0.2) is 0 Å². The number of amides is 1. The summed E-state index contributed by atoms with van der Waals surface area (Å²) in [5, 5.41) is 2.62. The maximum absolute atomic E-state index is 13.2. The van der Waals surface area contributed by atoms with Crippen LogP contribution in [0, 0.1) is 6.92 Å². The Morgan fingerprint density at radius 1 is 1.03 bits per heavy atom. The molecule has 3 rings (SSSR count). The lowest BCUT2D eigenvalue weighted by atomic mass is 10.0. The number of alkyl halides is 3. The van der Waals surface area contributed by atoms with Crippen molar-refractivity contribution in [3.8, 4) is 0 Å². The van der Waals surface area contributed by atoms with Crippen LogP contribution in [0.2, 0.25) is 5.02 Å². The molecule has 1 N–H and O–H groups in total. The van der Waals surface area contributed by atoms with Crippen LogP contribution in [-0.2, 0) is 17.5 Å². The van der Waals surface area contributed by atoms with Gasteiger partial charge in [0.1, 0.15) is 6.04 Å². The quantitative estimate of drug-likeness (QED) is 0.470. The Labute approximate surface area is 184 Å². The topological polar surface area (TPSA) is 32.3 Å². The summed E-state index contributed by atoms with van der Waals surface area (Å²) in [7, 11) is 1.80. The van der Waals surface area contributed by atoms with Crippen molar-refractivity contribution in [2.24, 2.45) is 0 Å². The van der Waals surface area contributed by atoms with Crippen LogP contribution in [0.15, 0.2) is 72.8 Å². The highest BCUT2D eigenvalue weighted by atomic mass is 35.5. The number of hydrogen-bond acceptors (Lipinski definition) is 2. The van der Waals surface area contributed by atoms with Crippen molar-refractivity contribution in [3.05, 3.63) is 100 Å². The zero-order chi connectivity index (χ0) is 22.6. The third kappa shape index (κ3) is 5.87. The van der Waals surface area contributed by atoms with Gasteiger partial charge in [0.2, 0.25) is 5.91 Å². The van der Waals surface area contributed by atoms with E-state index < -0.39 is 23.7 Å². The fourth-order valence-corrected chi connectivity index (χ4v) is 3.48. The van der Waals surface area contributed by atoms with Gasteiger partial charge in [-0.3, -0.25) is 9.69 Å². The molecule has 0 radical (unpaired) electrons. The van der Waals surface area contributed by atoms with E-state index in [1.54, 1.807) is 7.05 Å². The zero-order valence-corrected chi connectivity index (χ0v) is 17.8. The second-order valence-electron chi connectivity index (χ2n) is 7.40. The molecule has 31 heavy (non-hydrogen) atoms. The molecular weight excluding hydrogens is 425 g/mol. The number of benzene rings is 3. The number of nitrogens with one attached hydrogen (secondary N) is 1. The Morgan fingerprint density at radius 3 is 2.29 bits per heavy atom. The molecule has 0 aliphatic rings. The van der Waals surface area contributed by atoms with E-state index >= 15 is 0 Å². The highest BCUT2D eigenvalue weighted by Crippen LogP contribution is 2.34. The highest BCUT2D eigenvalue weighted by Gasteiger charge is 2.32. The van der Waals surface area contributed by atoms with Crippen molar-refractivity contribution in [2.45, 2.75) is 25.7 Å². The number of likely N-dealkylation sites (N-methyl/N-ethyl adjacent to an activating group) is 1. The Bertz CT molecular complexity index is 1040. The first-order valence-corrected chi connectivity index (χ1v) is 10.0. The van der Waals surface area contributed by atoms with Gasteiger partial charge in [-0.05, 0) is 43.3 Å². The van der Waals surface area contributed by atoms with Crippen molar-refractivity contribution < 1.29 is 18.0 Å². The molecule has 0 spiro atoms. The average Bonchev–Trinajstić information content (AvgIpc) is 2.71. The minimum Gasteiger partial charge on any atom is -0.323 e. The predicted molar refractivity (Wildman–Crippen MR) is 117 cm³/mol. The summed E-state index contributed by atoms with van der Waals surface area (Å²) >= 11 is 6.07. The number of hydrogen-bond donors (Lipinski definition) is 1. The Morgan fingerprint density at radius 2 is 1.68 bits per heavy atom. The van der Waals surface area contributed by atoms with Gasteiger partial charge < -0.3 is 5.32 Å². The van der Waals surface area contributed by atoms with Crippen molar-refractivity contribution in [3.63, 3.8) is 0 Å². The Hall–Kier alpha value is -2.83. The lowest BCUT2D eigenvalue weighted by molar-refractivity contribution is -0.137. The van der Waals surface area contributed by atoms with Crippen LogP contribution in [0.4, 0.5) is 18.9 Å². The molecule has 7 heteroatoms. The van der Waals surface area contributed by atoms with Gasteiger partial charge in [-0.1, -0.05) is 71.8 Å². The van der Waals surface area contributed by atoms with Gasteiger partial charge in [0.25, 0.3) is 0 Å². The summed E-state index contributed by atoms with van der Waals surface area (Å²) in [6, 6.07) is 19.2. The molecular formula is C24H22ClF3N2O. The number of rotatable bonds is 6. The number of aryl methyl sites for hydroxylation is 1. The molecule has 0 bridgehead atoms. The third-order valence-electron chi connectivity index (χ3n) is 4.91. The highest BCUT2D eigenvalue weighted by molar-refractivity contribution is 6.33. The lowest BCUT2D eigenvalue weighted by Gasteiger charge is -2.28. The van der Waals surface area contributed by atoms with E-state index in [2.05, 4.69) is 5.32 Å². The number of carbonyl (C=O) groups excluding carboxylic acids is 1. The number of carbonyl (C=O) groups is 1. The fraction of sp³-hybridized carbons (Fsp3) is 0.208. The van der Waals surface area contributed by atoms with Crippen LogP contribution in [-0.4, -0.2) is 17.9 Å². The van der Waals surface area contributed by atoms with Gasteiger partial charge in [-0.2, -0.15) is 13.2 Å². The van der Waals surface area contributed by atoms with E-state index in [0.29, 0.717) is 6.54 Å². The van der Waals surface area contributed by atoms with Crippen molar-refractivity contribution in [2.75, 3.05) is 12.4 Å². The van der Waals surface area contributed by atoms with E-state index in [0.717, 1.165) is 34.9 Å². The Kier molecular flexibility index (Phi) is 7.03. The van der Waals surface area contributed by atoms with Gasteiger partial charge in [0.15, 0.2) is 0 Å². The number of anilines is 1. The second-order valence-corrected chi connectivity index (χ2v) is 7.80. The summed E-state index contributed by atoms with van der Waals surface area (Å²) in [4.78, 5) is 15.1. The standard InChI is InChI=1S/C24H22ClF3N2O/c1-16-8-10-17(11-9-16)15-30(2)22(18-6-4-3-5-7-18)23(31)29-21-14-19(24(26,27)28)12-13-20(21)25/h3-14,22H,15H2,1-2H3,(H,29,31)/t22-/m0/s1. The molecule has 162 valence electrons. The fourth-order valence-electron chi connectivity index (χ4n) is 3.31. The van der Waals surface area contributed by atoms with E-state index in [4.69, 9.17) is 11.6 Å². The molecule has 1 atom stereocenters. The lowest BCUT2D eigenvalue weighted by Crippen LogP contribution is -2.34. The maximum atomic E-state index is 13.2. The van der Waals surface area contributed by atoms with Crippen molar-refractivity contribution in [1.29, 1.82) is 0 Å². The molecule has 0 saturated carbocycles. The summed E-state index contributed by atoms with van der Waals surface area (Å²) in [6.45, 7) is 2.47. The largest absolute Gasteiger partial charge is 0.416 e. The molecule has 3 aromatic carbocycles. The molecule has 0 unspecified atom stereocenters. The van der Waals surface area contributed by atoms with E-state index in [1.165, 1.54) is 0 Å². The zero-order valence-electron chi connectivity index (χ0n) is 17.1.